The van der Waals surface area contributed by atoms with Gasteiger partial charge in [0.2, 0.25) is 5.12 Å². The lowest BCUT2D eigenvalue weighted by Crippen LogP contribution is -1.96. The smallest absolute Gasteiger partial charge is 0.250 e. The highest BCUT2D eigenvalue weighted by molar-refractivity contribution is 8.12. The maximum absolute atomic E-state index is 11.2. The van der Waals surface area contributed by atoms with E-state index in [9.17, 15) is 4.79 Å². The van der Waals surface area contributed by atoms with Crippen LogP contribution in [0.1, 0.15) is 10.5 Å². The standard InChI is InChI=1S/C9H8N2OS/c10-13-9(12)8-5-6-3-1-2-4-7(6)11-8/h1-5,11H,10H2. The highest BCUT2D eigenvalue weighted by Crippen LogP contribution is 2.16. The number of aromatic nitrogens is 1. The van der Waals surface area contributed by atoms with Crippen LogP contribution in [0.3, 0.4) is 0 Å². The Morgan fingerprint density at radius 3 is 2.85 bits per heavy atom. The van der Waals surface area contributed by atoms with E-state index in [1.54, 1.807) is 6.07 Å². The predicted molar refractivity (Wildman–Crippen MR) is 54.4 cm³/mol. The highest BCUT2D eigenvalue weighted by atomic mass is 32.2. The average molecular weight is 192 g/mol. The minimum absolute atomic E-state index is 0.142. The summed E-state index contributed by atoms with van der Waals surface area (Å²) in [4.78, 5) is 14.2. The first-order chi connectivity index (χ1) is 6.31. The normalized spacial score (nSPS) is 10.5. The number of para-hydroxylation sites is 1. The molecular formula is C9H8N2OS. The fourth-order valence-corrected chi connectivity index (χ4v) is 1.48. The quantitative estimate of drug-likeness (QED) is 0.678. The molecule has 0 radical (unpaired) electrons. The van der Waals surface area contributed by atoms with Crippen LogP contribution in [-0.4, -0.2) is 10.1 Å². The molecule has 0 fully saturated rings. The maximum atomic E-state index is 11.2. The van der Waals surface area contributed by atoms with Crippen molar-refractivity contribution in [1.82, 2.24) is 4.98 Å². The number of hydrogen-bond donors (Lipinski definition) is 2. The van der Waals surface area contributed by atoms with Crippen molar-refractivity contribution in [2.24, 2.45) is 5.14 Å². The zero-order chi connectivity index (χ0) is 9.26. The number of fused-ring (bicyclic) bond motifs is 1. The van der Waals surface area contributed by atoms with Gasteiger partial charge in [-0.25, -0.2) is 0 Å². The molecule has 0 aliphatic heterocycles. The molecule has 13 heavy (non-hydrogen) atoms. The predicted octanol–water partition coefficient (Wildman–Crippen LogP) is 1.91. The summed E-state index contributed by atoms with van der Waals surface area (Å²) in [5.74, 6) is 0. The van der Waals surface area contributed by atoms with Crippen molar-refractivity contribution in [2.75, 3.05) is 0 Å². The molecule has 0 aliphatic rings. The number of carbonyl (C=O) groups excluding carboxylic acids is 1. The minimum Gasteiger partial charge on any atom is -0.351 e. The number of carbonyl (C=O) groups is 1. The monoisotopic (exact) mass is 192 g/mol. The number of rotatable bonds is 1. The summed E-state index contributed by atoms with van der Waals surface area (Å²) in [5, 5.41) is 6.06. The van der Waals surface area contributed by atoms with Gasteiger partial charge in [0.25, 0.3) is 0 Å². The largest absolute Gasteiger partial charge is 0.351 e. The van der Waals surface area contributed by atoms with Crippen molar-refractivity contribution in [3.63, 3.8) is 0 Å². The van der Waals surface area contributed by atoms with Gasteiger partial charge in [0.05, 0.1) is 5.69 Å². The van der Waals surface area contributed by atoms with Crippen LogP contribution in [0.15, 0.2) is 30.3 Å². The first-order valence-electron chi connectivity index (χ1n) is 3.80. The number of benzene rings is 1. The third-order valence-corrected chi connectivity index (χ3v) is 2.29. The van der Waals surface area contributed by atoms with Crippen molar-refractivity contribution >= 4 is 28.0 Å². The molecule has 1 heterocycles. The lowest BCUT2D eigenvalue weighted by Gasteiger charge is -1.88. The lowest BCUT2D eigenvalue weighted by molar-refractivity contribution is 0.108. The van der Waals surface area contributed by atoms with Gasteiger partial charge in [-0.1, -0.05) is 18.2 Å². The first-order valence-corrected chi connectivity index (χ1v) is 4.68. The number of nitrogens with two attached hydrogens (primary N) is 1. The van der Waals surface area contributed by atoms with Gasteiger partial charge in [0.1, 0.15) is 0 Å². The van der Waals surface area contributed by atoms with E-state index in [1.165, 1.54) is 0 Å². The molecule has 2 aromatic rings. The topological polar surface area (TPSA) is 58.9 Å². The van der Waals surface area contributed by atoms with Gasteiger partial charge in [-0.05, 0) is 24.1 Å². The van der Waals surface area contributed by atoms with Crippen LogP contribution in [0.25, 0.3) is 10.9 Å². The summed E-state index contributed by atoms with van der Waals surface area (Å²) in [7, 11) is 0. The third kappa shape index (κ3) is 1.46. The van der Waals surface area contributed by atoms with E-state index in [0.29, 0.717) is 5.69 Å². The van der Waals surface area contributed by atoms with Gasteiger partial charge in [0, 0.05) is 10.9 Å². The number of hydrogen-bond acceptors (Lipinski definition) is 3. The van der Waals surface area contributed by atoms with Crippen molar-refractivity contribution < 1.29 is 4.79 Å². The second-order valence-corrected chi connectivity index (χ2v) is 3.28. The zero-order valence-corrected chi connectivity index (χ0v) is 7.60. The first kappa shape index (κ1) is 8.34. The second kappa shape index (κ2) is 3.24. The Kier molecular flexibility index (Phi) is 2.08. The summed E-state index contributed by atoms with van der Waals surface area (Å²) in [5.41, 5.74) is 1.51. The maximum Gasteiger partial charge on any atom is 0.250 e. The molecule has 1 aromatic heterocycles. The van der Waals surface area contributed by atoms with E-state index in [-0.39, 0.29) is 5.12 Å². The van der Waals surface area contributed by atoms with Gasteiger partial charge >= 0.3 is 0 Å². The van der Waals surface area contributed by atoms with Gasteiger partial charge in [0.15, 0.2) is 0 Å². The van der Waals surface area contributed by atoms with Crippen molar-refractivity contribution in [2.45, 2.75) is 0 Å². The summed E-state index contributed by atoms with van der Waals surface area (Å²) in [6.07, 6.45) is 0. The zero-order valence-electron chi connectivity index (χ0n) is 6.78. The van der Waals surface area contributed by atoms with E-state index in [4.69, 9.17) is 5.14 Å². The molecule has 0 saturated carbocycles. The average Bonchev–Trinajstić information content (AvgIpc) is 2.59. The molecule has 1 aromatic carbocycles. The Morgan fingerprint density at radius 1 is 1.38 bits per heavy atom. The molecule has 0 saturated heterocycles. The summed E-state index contributed by atoms with van der Waals surface area (Å²) in [6, 6.07) is 9.53. The van der Waals surface area contributed by atoms with Gasteiger partial charge in [-0.2, -0.15) is 0 Å². The summed E-state index contributed by atoms with van der Waals surface area (Å²) in [6.45, 7) is 0. The van der Waals surface area contributed by atoms with Crippen molar-refractivity contribution in [3.05, 3.63) is 36.0 Å². The molecule has 0 aliphatic carbocycles. The van der Waals surface area contributed by atoms with E-state index in [0.717, 1.165) is 22.9 Å². The van der Waals surface area contributed by atoms with Crippen LogP contribution in [0, 0.1) is 0 Å². The molecule has 0 amide bonds. The molecular weight excluding hydrogens is 184 g/mol. The Hall–Kier alpha value is -1.26. The molecule has 0 spiro atoms. The number of nitrogens with one attached hydrogen (secondary N) is 1. The van der Waals surface area contributed by atoms with Crippen LogP contribution >= 0.6 is 11.9 Å². The van der Waals surface area contributed by atoms with Crippen LogP contribution < -0.4 is 5.14 Å². The van der Waals surface area contributed by atoms with Crippen molar-refractivity contribution in [1.29, 1.82) is 0 Å². The Balaban J connectivity index is 2.56. The Bertz CT molecular complexity index is 417. The molecule has 0 bridgehead atoms. The van der Waals surface area contributed by atoms with Crippen molar-refractivity contribution in [3.8, 4) is 0 Å². The molecule has 66 valence electrons. The van der Waals surface area contributed by atoms with E-state index in [1.807, 2.05) is 24.3 Å². The third-order valence-electron chi connectivity index (χ3n) is 1.86. The number of aromatic amines is 1. The summed E-state index contributed by atoms with van der Waals surface area (Å²) >= 11 is 0.723. The lowest BCUT2D eigenvalue weighted by atomic mass is 10.2. The Labute approximate surface area is 79.4 Å². The fourth-order valence-electron chi connectivity index (χ4n) is 1.25. The number of H-pyrrole nitrogens is 1. The molecule has 0 unspecified atom stereocenters. The molecule has 0 atom stereocenters. The van der Waals surface area contributed by atoms with Gasteiger partial charge in [-0.15, -0.1) is 0 Å². The fraction of sp³-hybridized carbons (Fsp3) is 0. The van der Waals surface area contributed by atoms with Crippen LogP contribution in [0.4, 0.5) is 0 Å². The van der Waals surface area contributed by atoms with Crippen LogP contribution in [0.5, 0.6) is 0 Å². The van der Waals surface area contributed by atoms with E-state index < -0.39 is 0 Å². The molecule has 3 N–H and O–H groups in total. The highest BCUT2D eigenvalue weighted by Gasteiger charge is 2.07. The molecule has 3 nitrogen and oxygen atoms in total. The van der Waals surface area contributed by atoms with Crippen LogP contribution in [0.2, 0.25) is 0 Å². The van der Waals surface area contributed by atoms with Gasteiger partial charge in [-0.3, -0.25) is 9.93 Å². The van der Waals surface area contributed by atoms with E-state index >= 15 is 0 Å². The molecule has 2 rings (SSSR count). The summed E-state index contributed by atoms with van der Waals surface area (Å²) < 4.78 is 0. The minimum atomic E-state index is -0.142. The Morgan fingerprint density at radius 2 is 2.15 bits per heavy atom. The molecule has 4 heteroatoms. The SMILES string of the molecule is NSC(=O)c1cc2ccccc2[nH]1. The van der Waals surface area contributed by atoms with E-state index in [2.05, 4.69) is 4.98 Å². The van der Waals surface area contributed by atoms with Gasteiger partial charge < -0.3 is 4.98 Å². The second-order valence-electron chi connectivity index (χ2n) is 2.68. The van der Waals surface area contributed by atoms with Crippen LogP contribution in [-0.2, 0) is 0 Å².